The molecule has 0 atom stereocenters. The Morgan fingerprint density at radius 3 is 3.07 bits per heavy atom. The highest BCUT2D eigenvalue weighted by Crippen LogP contribution is 2.25. The maximum atomic E-state index is 6.15. The molecule has 0 fully saturated rings. The zero-order chi connectivity index (χ0) is 10.7. The topological polar surface area (TPSA) is 24.9 Å². The molecule has 0 saturated heterocycles. The number of anilines is 1. The lowest BCUT2D eigenvalue weighted by atomic mass is 10.2. The van der Waals surface area contributed by atoms with Crippen LogP contribution in [0.1, 0.15) is 11.3 Å². The van der Waals surface area contributed by atoms with E-state index >= 15 is 0 Å². The molecule has 1 heterocycles. The molecular formula is C11H11ClN2S. The molecule has 2 nitrogen and oxygen atoms in total. The van der Waals surface area contributed by atoms with Crippen LogP contribution in [0.3, 0.4) is 0 Å². The van der Waals surface area contributed by atoms with Crippen LogP contribution in [-0.4, -0.2) is 4.98 Å². The van der Waals surface area contributed by atoms with Crippen molar-refractivity contribution in [1.29, 1.82) is 0 Å². The van der Waals surface area contributed by atoms with Crippen molar-refractivity contribution in [2.75, 3.05) is 5.32 Å². The Morgan fingerprint density at radius 2 is 2.33 bits per heavy atom. The minimum absolute atomic E-state index is 0.715. The molecule has 1 aromatic carbocycles. The highest BCUT2D eigenvalue weighted by atomic mass is 35.5. The Kier molecular flexibility index (Phi) is 3.23. The summed E-state index contributed by atoms with van der Waals surface area (Å²) in [6, 6.07) is 5.96. The lowest BCUT2D eigenvalue weighted by Gasteiger charge is -2.08. The third kappa shape index (κ3) is 2.49. The van der Waals surface area contributed by atoms with Gasteiger partial charge in [0.2, 0.25) is 0 Å². The number of hydrogen-bond donors (Lipinski definition) is 1. The standard InChI is InChI=1S/C11H11ClN2S/c1-8-3-2-4-10(11(8)12)13-5-9-6-15-7-14-9/h2-4,6-7,13H,5H2,1H3. The van der Waals surface area contributed by atoms with E-state index in [1.54, 1.807) is 11.3 Å². The number of hydrogen-bond acceptors (Lipinski definition) is 3. The smallest absolute Gasteiger partial charge is 0.0795 e. The monoisotopic (exact) mass is 238 g/mol. The van der Waals surface area contributed by atoms with Gasteiger partial charge in [0.05, 0.1) is 28.5 Å². The van der Waals surface area contributed by atoms with Gasteiger partial charge in [0, 0.05) is 5.38 Å². The Labute approximate surface area is 97.9 Å². The van der Waals surface area contributed by atoms with E-state index in [1.165, 1.54) is 0 Å². The quantitative estimate of drug-likeness (QED) is 0.882. The summed E-state index contributed by atoms with van der Waals surface area (Å²) in [6.07, 6.45) is 0. The van der Waals surface area contributed by atoms with Crippen LogP contribution >= 0.6 is 22.9 Å². The molecule has 0 aliphatic carbocycles. The first-order chi connectivity index (χ1) is 7.27. The molecule has 2 rings (SSSR count). The second-order valence-corrected chi connectivity index (χ2v) is 4.37. The minimum Gasteiger partial charge on any atom is -0.378 e. The molecule has 1 aromatic heterocycles. The van der Waals surface area contributed by atoms with Crippen LogP contribution in [-0.2, 0) is 6.54 Å². The van der Waals surface area contributed by atoms with Crippen LogP contribution in [0, 0.1) is 6.92 Å². The molecule has 0 unspecified atom stereocenters. The number of benzene rings is 1. The normalized spacial score (nSPS) is 10.3. The van der Waals surface area contributed by atoms with E-state index in [2.05, 4.69) is 10.3 Å². The zero-order valence-electron chi connectivity index (χ0n) is 8.33. The van der Waals surface area contributed by atoms with Gasteiger partial charge in [-0.2, -0.15) is 0 Å². The van der Waals surface area contributed by atoms with Gasteiger partial charge in [-0.1, -0.05) is 23.7 Å². The van der Waals surface area contributed by atoms with E-state index in [4.69, 9.17) is 11.6 Å². The molecule has 1 N–H and O–H groups in total. The van der Waals surface area contributed by atoms with Crippen molar-refractivity contribution in [3.63, 3.8) is 0 Å². The zero-order valence-corrected chi connectivity index (χ0v) is 9.90. The molecule has 0 amide bonds. The van der Waals surface area contributed by atoms with Crippen molar-refractivity contribution in [3.05, 3.63) is 45.4 Å². The van der Waals surface area contributed by atoms with Crippen molar-refractivity contribution < 1.29 is 0 Å². The van der Waals surface area contributed by atoms with Crippen molar-refractivity contribution in [1.82, 2.24) is 4.98 Å². The second kappa shape index (κ2) is 4.64. The van der Waals surface area contributed by atoms with E-state index in [9.17, 15) is 0 Å². The van der Waals surface area contributed by atoms with Gasteiger partial charge in [0.25, 0.3) is 0 Å². The maximum absolute atomic E-state index is 6.15. The Balaban J connectivity index is 2.08. The van der Waals surface area contributed by atoms with E-state index in [0.29, 0.717) is 6.54 Å². The Hall–Kier alpha value is -1.06. The molecule has 78 valence electrons. The van der Waals surface area contributed by atoms with Crippen LogP contribution < -0.4 is 5.32 Å². The molecule has 0 saturated carbocycles. The number of nitrogens with zero attached hydrogens (tertiary/aromatic N) is 1. The van der Waals surface area contributed by atoms with Crippen LogP contribution in [0.2, 0.25) is 5.02 Å². The van der Waals surface area contributed by atoms with E-state index in [1.807, 2.05) is 36.0 Å². The fourth-order valence-corrected chi connectivity index (χ4v) is 2.05. The van der Waals surface area contributed by atoms with Crippen LogP contribution in [0.25, 0.3) is 0 Å². The summed E-state index contributed by atoms with van der Waals surface area (Å²) in [6.45, 7) is 2.71. The van der Waals surface area contributed by atoms with E-state index in [0.717, 1.165) is 22.0 Å². The SMILES string of the molecule is Cc1cccc(NCc2cscn2)c1Cl. The van der Waals surface area contributed by atoms with Gasteiger partial charge in [-0.15, -0.1) is 11.3 Å². The third-order valence-electron chi connectivity index (χ3n) is 2.14. The van der Waals surface area contributed by atoms with Crippen LogP contribution in [0.5, 0.6) is 0 Å². The number of aromatic nitrogens is 1. The lowest BCUT2D eigenvalue weighted by molar-refractivity contribution is 1.07. The molecule has 0 aliphatic heterocycles. The number of rotatable bonds is 3. The van der Waals surface area contributed by atoms with Gasteiger partial charge in [0.1, 0.15) is 0 Å². The fraction of sp³-hybridized carbons (Fsp3) is 0.182. The summed E-state index contributed by atoms with van der Waals surface area (Å²) in [7, 11) is 0. The van der Waals surface area contributed by atoms with Gasteiger partial charge < -0.3 is 5.32 Å². The summed E-state index contributed by atoms with van der Waals surface area (Å²) in [4.78, 5) is 4.20. The molecular weight excluding hydrogens is 228 g/mol. The first kappa shape index (κ1) is 10.5. The van der Waals surface area contributed by atoms with E-state index in [-0.39, 0.29) is 0 Å². The van der Waals surface area contributed by atoms with Gasteiger partial charge in [-0.25, -0.2) is 4.98 Å². The first-order valence-corrected chi connectivity index (χ1v) is 5.95. The number of thiazole rings is 1. The van der Waals surface area contributed by atoms with Gasteiger partial charge in [-0.05, 0) is 18.6 Å². The predicted octanol–water partition coefficient (Wildman–Crippen LogP) is 3.72. The van der Waals surface area contributed by atoms with Crippen molar-refractivity contribution in [2.24, 2.45) is 0 Å². The van der Waals surface area contributed by atoms with Crippen LogP contribution in [0.15, 0.2) is 29.1 Å². The molecule has 2 aromatic rings. The van der Waals surface area contributed by atoms with Gasteiger partial charge in [0.15, 0.2) is 0 Å². The molecule has 0 aliphatic rings. The summed E-state index contributed by atoms with van der Waals surface area (Å²) >= 11 is 7.75. The third-order valence-corrected chi connectivity index (χ3v) is 3.27. The van der Waals surface area contributed by atoms with Crippen molar-refractivity contribution in [3.8, 4) is 0 Å². The molecule has 4 heteroatoms. The molecule has 0 radical (unpaired) electrons. The first-order valence-electron chi connectivity index (χ1n) is 4.63. The fourth-order valence-electron chi connectivity index (χ4n) is 1.29. The molecule has 0 spiro atoms. The van der Waals surface area contributed by atoms with Crippen molar-refractivity contribution >= 4 is 28.6 Å². The van der Waals surface area contributed by atoms with Gasteiger partial charge in [-0.3, -0.25) is 0 Å². The summed E-state index contributed by atoms with van der Waals surface area (Å²) in [5, 5.41) is 6.08. The second-order valence-electron chi connectivity index (χ2n) is 3.27. The highest BCUT2D eigenvalue weighted by Gasteiger charge is 2.02. The van der Waals surface area contributed by atoms with Crippen LogP contribution in [0.4, 0.5) is 5.69 Å². The summed E-state index contributed by atoms with van der Waals surface area (Å²) < 4.78 is 0. The molecule has 15 heavy (non-hydrogen) atoms. The summed E-state index contributed by atoms with van der Waals surface area (Å²) in [5.74, 6) is 0. The van der Waals surface area contributed by atoms with Gasteiger partial charge >= 0.3 is 0 Å². The minimum atomic E-state index is 0.715. The van der Waals surface area contributed by atoms with E-state index < -0.39 is 0 Å². The number of nitrogens with one attached hydrogen (secondary N) is 1. The maximum Gasteiger partial charge on any atom is 0.0795 e. The van der Waals surface area contributed by atoms with Crippen molar-refractivity contribution in [2.45, 2.75) is 13.5 Å². The predicted molar refractivity (Wildman–Crippen MR) is 65.6 cm³/mol. The molecule has 0 bridgehead atoms. The average molecular weight is 239 g/mol. The Morgan fingerprint density at radius 1 is 1.47 bits per heavy atom. The largest absolute Gasteiger partial charge is 0.378 e. The number of halogens is 1. The number of aryl methyl sites for hydroxylation is 1. The Bertz CT molecular complexity index is 440. The lowest BCUT2D eigenvalue weighted by Crippen LogP contribution is -2.00. The summed E-state index contributed by atoms with van der Waals surface area (Å²) in [5.41, 5.74) is 4.91. The average Bonchev–Trinajstić information content (AvgIpc) is 2.73. The highest BCUT2D eigenvalue weighted by molar-refractivity contribution is 7.07.